The lowest BCUT2D eigenvalue weighted by atomic mass is 9.95. The predicted octanol–water partition coefficient (Wildman–Crippen LogP) is 4.17. The maximum Gasteiger partial charge on any atom is 0.261 e. The highest BCUT2D eigenvalue weighted by molar-refractivity contribution is 7.92. The Morgan fingerprint density at radius 2 is 1.72 bits per heavy atom. The molecule has 1 heterocycles. The van der Waals surface area contributed by atoms with Crippen molar-refractivity contribution in [2.45, 2.75) is 37.6 Å². The van der Waals surface area contributed by atoms with Gasteiger partial charge < -0.3 is 10.2 Å². The zero-order valence-corrected chi connectivity index (χ0v) is 20.1. The molecule has 7 nitrogen and oxygen atoms in total. The van der Waals surface area contributed by atoms with Crippen LogP contribution in [0.5, 0.6) is 0 Å². The molecule has 0 aromatic heterocycles. The largest absolute Gasteiger partial charge is 0.354 e. The molecule has 3 rings (SSSR count). The van der Waals surface area contributed by atoms with Crippen molar-refractivity contribution in [1.82, 2.24) is 10.2 Å². The molecule has 2 aromatic rings. The molecule has 2 amide bonds. The van der Waals surface area contributed by atoms with Gasteiger partial charge in [0, 0.05) is 36.3 Å². The monoisotopic (exact) mass is 497 g/mol. The summed E-state index contributed by atoms with van der Waals surface area (Å²) in [4.78, 5) is 26.8. The summed E-state index contributed by atoms with van der Waals surface area (Å²) in [7, 11) is -3.91. The molecule has 1 aliphatic rings. The van der Waals surface area contributed by atoms with Gasteiger partial charge in [-0.05, 0) is 63.1 Å². The minimum absolute atomic E-state index is 0.0193. The number of halogens is 2. The lowest BCUT2D eigenvalue weighted by Crippen LogP contribution is -2.44. The Kier molecular flexibility index (Phi) is 7.69. The minimum Gasteiger partial charge on any atom is -0.354 e. The molecule has 0 unspecified atom stereocenters. The van der Waals surface area contributed by atoms with E-state index < -0.39 is 10.0 Å². The molecule has 1 aliphatic heterocycles. The van der Waals surface area contributed by atoms with Crippen LogP contribution in [0, 0.1) is 5.92 Å². The third kappa shape index (κ3) is 5.94. The van der Waals surface area contributed by atoms with Gasteiger partial charge in [0.1, 0.15) is 0 Å². The van der Waals surface area contributed by atoms with Crippen LogP contribution in [0.25, 0.3) is 0 Å². The summed E-state index contributed by atoms with van der Waals surface area (Å²) in [6.45, 7) is 4.76. The van der Waals surface area contributed by atoms with Crippen LogP contribution < -0.4 is 10.0 Å². The maximum absolute atomic E-state index is 12.9. The van der Waals surface area contributed by atoms with Crippen LogP contribution >= 0.6 is 23.2 Å². The number of anilines is 1. The Morgan fingerprint density at radius 1 is 1.03 bits per heavy atom. The topological polar surface area (TPSA) is 95.6 Å². The van der Waals surface area contributed by atoms with E-state index in [-0.39, 0.29) is 44.4 Å². The molecular formula is C22H25Cl2N3O4S. The molecule has 0 bridgehead atoms. The standard InChI is InChI=1S/C22H25Cl2N3O4S/c1-14(2)25-21(28)15-8-10-27(11-9-15)22(29)16-4-3-5-17(12-16)26-32(30,31)18-6-7-19(23)20(24)13-18/h3-7,12-15,26H,8-11H2,1-2H3,(H,25,28). The highest BCUT2D eigenvalue weighted by atomic mass is 35.5. The first-order chi connectivity index (χ1) is 15.1. The van der Waals surface area contributed by atoms with Gasteiger partial charge in [-0.3, -0.25) is 14.3 Å². The smallest absolute Gasteiger partial charge is 0.261 e. The second-order valence-electron chi connectivity index (χ2n) is 7.99. The van der Waals surface area contributed by atoms with Gasteiger partial charge in [-0.1, -0.05) is 29.3 Å². The fraction of sp³-hybridized carbons (Fsp3) is 0.364. The molecule has 1 saturated heterocycles. The van der Waals surface area contributed by atoms with E-state index >= 15 is 0 Å². The van der Waals surface area contributed by atoms with Crippen LogP contribution in [0.15, 0.2) is 47.4 Å². The molecule has 0 spiro atoms. The summed E-state index contributed by atoms with van der Waals surface area (Å²) < 4.78 is 27.8. The molecule has 2 aromatic carbocycles. The maximum atomic E-state index is 12.9. The molecule has 0 atom stereocenters. The Hall–Kier alpha value is -2.29. The van der Waals surface area contributed by atoms with Crippen molar-refractivity contribution < 1.29 is 18.0 Å². The van der Waals surface area contributed by atoms with E-state index in [2.05, 4.69) is 10.0 Å². The number of nitrogens with one attached hydrogen (secondary N) is 2. The summed E-state index contributed by atoms with van der Waals surface area (Å²) >= 11 is 11.8. The number of carbonyl (C=O) groups is 2. The lowest BCUT2D eigenvalue weighted by Gasteiger charge is -2.31. The quantitative estimate of drug-likeness (QED) is 0.625. The third-order valence-corrected chi connectivity index (χ3v) is 7.26. The van der Waals surface area contributed by atoms with E-state index in [0.29, 0.717) is 31.5 Å². The zero-order chi connectivity index (χ0) is 23.5. The first-order valence-electron chi connectivity index (χ1n) is 10.2. The fourth-order valence-electron chi connectivity index (χ4n) is 3.50. The van der Waals surface area contributed by atoms with E-state index in [9.17, 15) is 18.0 Å². The van der Waals surface area contributed by atoms with E-state index in [1.807, 2.05) is 13.8 Å². The van der Waals surface area contributed by atoms with Crippen LogP contribution in [0.2, 0.25) is 10.0 Å². The summed E-state index contributed by atoms with van der Waals surface area (Å²) in [5.74, 6) is -0.292. The average molecular weight is 498 g/mol. The number of hydrogen-bond acceptors (Lipinski definition) is 4. The number of likely N-dealkylation sites (tertiary alicyclic amines) is 1. The Morgan fingerprint density at radius 3 is 2.34 bits per heavy atom. The first-order valence-corrected chi connectivity index (χ1v) is 12.5. The summed E-state index contributed by atoms with van der Waals surface area (Å²) in [5, 5.41) is 3.30. The lowest BCUT2D eigenvalue weighted by molar-refractivity contribution is -0.126. The van der Waals surface area contributed by atoms with Crippen molar-refractivity contribution in [2.75, 3.05) is 17.8 Å². The molecule has 2 N–H and O–H groups in total. The van der Waals surface area contributed by atoms with Gasteiger partial charge in [-0.15, -0.1) is 0 Å². The van der Waals surface area contributed by atoms with Crippen LogP contribution in [0.4, 0.5) is 5.69 Å². The molecule has 0 aliphatic carbocycles. The molecule has 0 radical (unpaired) electrons. The number of amides is 2. The van der Waals surface area contributed by atoms with E-state index in [1.54, 1.807) is 23.1 Å². The fourth-order valence-corrected chi connectivity index (χ4v) is 4.94. The second kappa shape index (κ2) is 10.1. The second-order valence-corrected chi connectivity index (χ2v) is 10.5. The highest BCUT2D eigenvalue weighted by Gasteiger charge is 2.28. The number of nitrogens with zero attached hydrogens (tertiary/aromatic N) is 1. The van der Waals surface area contributed by atoms with Crippen molar-refractivity contribution in [3.63, 3.8) is 0 Å². The predicted molar refractivity (Wildman–Crippen MR) is 126 cm³/mol. The number of carbonyl (C=O) groups excluding carboxylic acids is 2. The first kappa shape index (κ1) is 24.4. The van der Waals surface area contributed by atoms with E-state index in [1.165, 1.54) is 24.3 Å². The number of piperidine rings is 1. The van der Waals surface area contributed by atoms with Gasteiger partial charge in [0.05, 0.1) is 14.9 Å². The molecule has 32 heavy (non-hydrogen) atoms. The van der Waals surface area contributed by atoms with Crippen molar-refractivity contribution in [1.29, 1.82) is 0 Å². The Balaban J connectivity index is 1.67. The molecule has 172 valence electrons. The van der Waals surface area contributed by atoms with Gasteiger partial charge in [0.15, 0.2) is 0 Å². The Bertz CT molecular complexity index is 1110. The van der Waals surface area contributed by atoms with Crippen LogP contribution in [-0.4, -0.2) is 44.3 Å². The van der Waals surface area contributed by atoms with Crippen molar-refractivity contribution >= 4 is 50.7 Å². The van der Waals surface area contributed by atoms with Crippen LogP contribution in [-0.2, 0) is 14.8 Å². The van der Waals surface area contributed by atoms with Crippen LogP contribution in [0.1, 0.15) is 37.0 Å². The van der Waals surface area contributed by atoms with Gasteiger partial charge in [0.25, 0.3) is 15.9 Å². The third-order valence-electron chi connectivity index (χ3n) is 5.15. The van der Waals surface area contributed by atoms with Crippen molar-refractivity contribution in [3.8, 4) is 0 Å². The van der Waals surface area contributed by atoms with Gasteiger partial charge in [-0.2, -0.15) is 0 Å². The van der Waals surface area contributed by atoms with Crippen molar-refractivity contribution in [2.24, 2.45) is 5.92 Å². The normalized spacial score (nSPS) is 15.0. The van der Waals surface area contributed by atoms with Crippen LogP contribution in [0.3, 0.4) is 0 Å². The number of hydrogen-bond donors (Lipinski definition) is 2. The molecular weight excluding hydrogens is 473 g/mol. The zero-order valence-electron chi connectivity index (χ0n) is 17.8. The van der Waals surface area contributed by atoms with Gasteiger partial charge in [-0.25, -0.2) is 8.42 Å². The molecule has 1 fully saturated rings. The minimum atomic E-state index is -3.91. The molecule has 10 heteroatoms. The summed E-state index contributed by atoms with van der Waals surface area (Å²) in [6.07, 6.45) is 1.18. The SMILES string of the molecule is CC(C)NC(=O)C1CCN(C(=O)c2cccc(NS(=O)(=O)c3ccc(Cl)c(Cl)c3)c2)CC1. The number of benzene rings is 2. The summed E-state index contributed by atoms with van der Waals surface area (Å²) in [5.41, 5.74) is 0.623. The van der Waals surface area contributed by atoms with Gasteiger partial charge >= 0.3 is 0 Å². The van der Waals surface area contributed by atoms with E-state index in [4.69, 9.17) is 23.2 Å². The number of sulfonamides is 1. The molecule has 0 saturated carbocycles. The average Bonchev–Trinajstić information content (AvgIpc) is 2.74. The van der Waals surface area contributed by atoms with Crippen molar-refractivity contribution in [3.05, 3.63) is 58.1 Å². The van der Waals surface area contributed by atoms with E-state index in [0.717, 1.165) is 0 Å². The number of rotatable bonds is 6. The van der Waals surface area contributed by atoms with Gasteiger partial charge in [0.2, 0.25) is 5.91 Å². The highest BCUT2D eigenvalue weighted by Crippen LogP contribution is 2.26. The Labute approximate surface area is 198 Å². The summed E-state index contributed by atoms with van der Waals surface area (Å²) in [6, 6.07) is 10.4.